The second kappa shape index (κ2) is 15.2. The van der Waals surface area contributed by atoms with E-state index in [0.717, 1.165) is 0 Å². The van der Waals surface area contributed by atoms with Gasteiger partial charge in [0, 0.05) is 13.2 Å². The van der Waals surface area contributed by atoms with Crippen LogP contribution in [0.3, 0.4) is 0 Å². The highest BCUT2D eigenvalue weighted by Gasteiger charge is 1.96. The van der Waals surface area contributed by atoms with E-state index in [1.807, 2.05) is 6.92 Å². The van der Waals surface area contributed by atoms with Gasteiger partial charge < -0.3 is 29.0 Å². The molecule has 0 aliphatic rings. The first-order chi connectivity index (χ1) is 9.31. The number of methoxy groups -OCH3 is 1. The maximum atomic E-state index is 10.7. The highest BCUT2D eigenvalue weighted by Crippen LogP contribution is 1.82. The summed E-state index contributed by atoms with van der Waals surface area (Å²) >= 11 is 0. The second-order valence-corrected chi connectivity index (χ2v) is 3.45. The maximum Gasteiger partial charge on any atom is 0.406 e. The van der Waals surface area contributed by atoms with Gasteiger partial charge in [-0.2, -0.15) is 0 Å². The summed E-state index contributed by atoms with van der Waals surface area (Å²) in [6.07, 6.45) is -0.455. The van der Waals surface area contributed by atoms with Gasteiger partial charge in [0.1, 0.15) is 0 Å². The Hall–Kier alpha value is -0.890. The first-order valence-corrected chi connectivity index (χ1v) is 6.44. The van der Waals surface area contributed by atoms with Crippen molar-refractivity contribution in [3.63, 3.8) is 0 Å². The van der Waals surface area contributed by atoms with Crippen molar-refractivity contribution in [3.8, 4) is 0 Å². The highest BCUT2D eigenvalue weighted by molar-refractivity contribution is 5.66. The summed E-state index contributed by atoms with van der Waals surface area (Å²) in [5, 5.41) is 2.51. The summed E-state index contributed by atoms with van der Waals surface area (Å²) in [4.78, 5) is 10.7. The number of hydrogen-bond donors (Lipinski definition) is 1. The fraction of sp³-hybridized carbons (Fsp3) is 0.917. The number of nitrogens with one attached hydrogen (secondary N) is 1. The van der Waals surface area contributed by atoms with Crippen molar-refractivity contribution in [2.45, 2.75) is 6.92 Å². The third-order valence-corrected chi connectivity index (χ3v) is 2.02. The van der Waals surface area contributed by atoms with E-state index < -0.39 is 6.09 Å². The molecule has 0 bridgehead atoms. The van der Waals surface area contributed by atoms with Crippen LogP contribution in [-0.4, -0.2) is 72.6 Å². The van der Waals surface area contributed by atoms with Gasteiger partial charge in [-0.1, -0.05) is 0 Å². The molecule has 0 radical (unpaired) electrons. The van der Waals surface area contributed by atoms with Crippen LogP contribution in [0.2, 0.25) is 0 Å². The van der Waals surface area contributed by atoms with Crippen molar-refractivity contribution in [2.24, 2.45) is 0 Å². The van der Waals surface area contributed by atoms with Crippen LogP contribution >= 0.6 is 0 Å². The molecule has 7 nitrogen and oxygen atoms in total. The molecule has 0 atom stereocenters. The lowest BCUT2D eigenvalue weighted by molar-refractivity contribution is -0.0000723. The molecule has 0 aromatic rings. The predicted molar refractivity (Wildman–Crippen MR) is 69.4 cm³/mol. The predicted octanol–water partition coefficient (Wildman–Crippen LogP) is 0.429. The van der Waals surface area contributed by atoms with Gasteiger partial charge >= 0.3 is 6.09 Å². The van der Waals surface area contributed by atoms with Crippen LogP contribution in [0.5, 0.6) is 0 Å². The monoisotopic (exact) mass is 279 g/mol. The maximum absolute atomic E-state index is 10.7. The van der Waals surface area contributed by atoms with Crippen molar-refractivity contribution in [3.05, 3.63) is 0 Å². The minimum atomic E-state index is -0.455. The fourth-order valence-corrected chi connectivity index (χ4v) is 1.10. The number of amides is 1. The van der Waals surface area contributed by atoms with Gasteiger partial charge in [0.2, 0.25) is 0 Å². The molecule has 0 saturated carbocycles. The molecule has 0 unspecified atom stereocenters. The average molecular weight is 279 g/mol. The largest absolute Gasteiger partial charge is 0.453 e. The van der Waals surface area contributed by atoms with E-state index in [-0.39, 0.29) is 0 Å². The topological polar surface area (TPSA) is 75.3 Å². The Bertz CT molecular complexity index is 203. The normalized spacial score (nSPS) is 10.4. The zero-order chi connectivity index (χ0) is 14.2. The lowest BCUT2D eigenvalue weighted by Gasteiger charge is -2.07. The van der Waals surface area contributed by atoms with Crippen molar-refractivity contribution in [1.82, 2.24) is 5.32 Å². The van der Waals surface area contributed by atoms with Gasteiger partial charge in [0.25, 0.3) is 0 Å². The van der Waals surface area contributed by atoms with Crippen LogP contribution in [0.15, 0.2) is 0 Å². The van der Waals surface area contributed by atoms with Crippen LogP contribution in [0.25, 0.3) is 0 Å². The summed E-state index contributed by atoms with van der Waals surface area (Å²) in [7, 11) is 1.32. The number of rotatable bonds is 13. The summed E-state index contributed by atoms with van der Waals surface area (Å²) in [5.41, 5.74) is 0. The molecule has 0 fully saturated rings. The Morgan fingerprint density at radius 1 is 0.842 bits per heavy atom. The Morgan fingerprint density at radius 2 is 1.32 bits per heavy atom. The zero-order valence-electron chi connectivity index (χ0n) is 11.8. The minimum Gasteiger partial charge on any atom is -0.453 e. The highest BCUT2D eigenvalue weighted by atomic mass is 16.6. The summed E-state index contributed by atoms with van der Waals surface area (Å²) < 4.78 is 25.3. The average Bonchev–Trinajstić information content (AvgIpc) is 2.43. The number of ether oxygens (including phenoxy) is 5. The van der Waals surface area contributed by atoms with Gasteiger partial charge in [-0.3, -0.25) is 0 Å². The van der Waals surface area contributed by atoms with Crippen molar-refractivity contribution < 1.29 is 28.5 Å². The molecular formula is C12H25NO6. The first kappa shape index (κ1) is 18.1. The van der Waals surface area contributed by atoms with E-state index in [9.17, 15) is 4.79 Å². The molecular weight excluding hydrogens is 254 g/mol. The van der Waals surface area contributed by atoms with Crippen LogP contribution in [0.1, 0.15) is 6.92 Å². The van der Waals surface area contributed by atoms with E-state index in [4.69, 9.17) is 18.9 Å². The van der Waals surface area contributed by atoms with Gasteiger partial charge in [0.05, 0.1) is 53.4 Å². The van der Waals surface area contributed by atoms with E-state index >= 15 is 0 Å². The molecule has 0 aromatic carbocycles. The molecule has 0 heterocycles. The van der Waals surface area contributed by atoms with Gasteiger partial charge in [-0.15, -0.1) is 0 Å². The number of hydrogen-bond acceptors (Lipinski definition) is 6. The van der Waals surface area contributed by atoms with E-state index in [1.54, 1.807) is 0 Å². The number of carbonyl (C=O) groups is 1. The number of carbonyl (C=O) groups excluding carboxylic acids is 1. The molecule has 114 valence electrons. The molecule has 0 aromatic heterocycles. The Balaban J connectivity index is 2.97. The Morgan fingerprint density at radius 3 is 1.79 bits per heavy atom. The van der Waals surface area contributed by atoms with Crippen LogP contribution in [0.4, 0.5) is 4.79 Å². The summed E-state index contributed by atoms with van der Waals surface area (Å²) in [6.45, 7) is 6.81. The molecule has 0 aliphatic carbocycles. The molecule has 7 heteroatoms. The summed E-state index contributed by atoms with van der Waals surface area (Å²) in [6, 6.07) is 0. The van der Waals surface area contributed by atoms with Crippen LogP contribution in [-0.2, 0) is 23.7 Å². The van der Waals surface area contributed by atoms with E-state index in [2.05, 4.69) is 10.1 Å². The summed E-state index contributed by atoms with van der Waals surface area (Å²) in [5.74, 6) is 0. The minimum absolute atomic E-state index is 0.424. The van der Waals surface area contributed by atoms with Crippen molar-refractivity contribution in [2.75, 3.05) is 66.5 Å². The third kappa shape index (κ3) is 15.1. The quantitative estimate of drug-likeness (QED) is 0.493. The second-order valence-electron chi connectivity index (χ2n) is 3.45. The SMILES string of the molecule is CCOCCOCCOCCOCCNC(=O)OC. The standard InChI is InChI=1S/C12H25NO6/c1-3-16-6-7-18-10-11-19-9-8-17-5-4-13-12(14)15-2/h3-11H2,1-2H3,(H,13,14). The van der Waals surface area contributed by atoms with Gasteiger partial charge in [-0.25, -0.2) is 4.79 Å². The molecule has 0 saturated heterocycles. The molecule has 1 amide bonds. The fourth-order valence-electron chi connectivity index (χ4n) is 1.10. The smallest absolute Gasteiger partial charge is 0.406 e. The Kier molecular flexibility index (Phi) is 14.5. The van der Waals surface area contributed by atoms with Crippen molar-refractivity contribution >= 4 is 6.09 Å². The lowest BCUT2D eigenvalue weighted by Crippen LogP contribution is -2.27. The molecule has 0 rings (SSSR count). The third-order valence-electron chi connectivity index (χ3n) is 2.02. The number of alkyl carbamates (subject to hydrolysis) is 1. The van der Waals surface area contributed by atoms with Crippen LogP contribution in [0, 0.1) is 0 Å². The van der Waals surface area contributed by atoms with Crippen molar-refractivity contribution in [1.29, 1.82) is 0 Å². The van der Waals surface area contributed by atoms with Gasteiger partial charge in [-0.05, 0) is 6.92 Å². The van der Waals surface area contributed by atoms with Gasteiger partial charge in [0.15, 0.2) is 0 Å². The first-order valence-electron chi connectivity index (χ1n) is 6.44. The van der Waals surface area contributed by atoms with E-state index in [1.165, 1.54) is 7.11 Å². The van der Waals surface area contributed by atoms with Crippen LogP contribution < -0.4 is 5.32 Å². The molecule has 0 spiro atoms. The zero-order valence-corrected chi connectivity index (χ0v) is 11.8. The molecule has 19 heavy (non-hydrogen) atoms. The molecule has 0 aliphatic heterocycles. The Labute approximate surface area is 114 Å². The van der Waals surface area contributed by atoms with E-state index in [0.29, 0.717) is 59.4 Å². The lowest BCUT2D eigenvalue weighted by atomic mass is 10.6. The molecule has 1 N–H and O–H groups in total.